The highest BCUT2D eigenvalue weighted by Crippen LogP contribution is 2.31. The molecule has 21 heavy (non-hydrogen) atoms. The van der Waals surface area contributed by atoms with Crippen molar-refractivity contribution in [1.82, 2.24) is 14.9 Å². The van der Waals surface area contributed by atoms with E-state index < -0.39 is 16.3 Å². The topological polar surface area (TPSA) is 105 Å². The number of carbonyl (C=O) groups excluding carboxylic acids is 1. The molecule has 0 aromatic carbocycles. The number of nitrogens with one attached hydrogen (secondary N) is 2. The van der Waals surface area contributed by atoms with Gasteiger partial charge in [-0.2, -0.15) is 13.1 Å². The second-order valence-corrected chi connectivity index (χ2v) is 7.99. The Morgan fingerprint density at radius 2 is 1.90 bits per heavy atom. The summed E-state index contributed by atoms with van der Waals surface area (Å²) in [5.41, 5.74) is 0. The maximum absolute atomic E-state index is 12.3. The minimum atomic E-state index is -3.90. The van der Waals surface area contributed by atoms with Crippen LogP contribution in [0.2, 0.25) is 0 Å². The minimum Gasteiger partial charge on any atom is -0.350 e. The summed E-state index contributed by atoms with van der Waals surface area (Å²) in [7, 11) is -3.90. The van der Waals surface area contributed by atoms with Gasteiger partial charge in [-0.3, -0.25) is 9.69 Å². The number of hydrogen-bond donors (Lipinski definition) is 3. The molecule has 0 bridgehead atoms. The zero-order valence-corrected chi connectivity index (χ0v) is 13.7. The van der Waals surface area contributed by atoms with E-state index >= 15 is 0 Å². The Kier molecular flexibility index (Phi) is 4.92. The lowest BCUT2D eigenvalue weighted by Crippen LogP contribution is -2.54. The number of likely N-dealkylation sites (tertiary alicyclic amines) is 1. The SMILES string of the molecule is CC1CN(C2CC2)CC1NC(=O)[C@H](NS(N)(=O)=O)C(C)C. The first-order valence-electron chi connectivity index (χ1n) is 7.52. The van der Waals surface area contributed by atoms with E-state index in [1.807, 2.05) is 0 Å². The van der Waals surface area contributed by atoms with Gasteiger partial charge in [0.05, 0.1) is 0 Å². The summed E-state index contributed by atoms with van der Waals surface area (Å²) in [5, 5.41) is 7.97. The van der Waals surface area contributed by atoms with Crippen LogP contribution >= 0.6 is 0 Å². The molecule has 0 spiro atoms. The van der Waals surface area contributed by atoms with E-state index in [4.69, 9.17) is 5.14 Å². The first kappa shape index (κ1) is 16.7. The molecule has 1 saturated heterocycles. The average molecular weight is 318 g/mol. The maximum Gasteiger partial charge on any atom is 0.275 e. The van der Waals surface area contributed by atoms with Crippen molar-refractivity contribution in [2.24, 2.45) is 17.0 Å². The van der Waals surface area contributed by atoms with Crippen molar-refractivity contribution in [3.63, 3.8) is 0 Å². The van der Waals surface area contributed by atoms with Gasteiger partial charge in [0, 0.05) is 25.2 Å². The predicted molar refractivity (Wildman–Crippen MR) is 80.6 cm³/mol. The average Bonchev–Trinajstić information content (AvgIpc) is 3.11. The first-order chi connectivity index (χ1) is 9.67. The summed E-state index contributed by atoms with van der Waals surface area (Å²) in [5.74, 6) is -0.0927. The summed E-state index contributed by atoms with van der Waals surface area (Å²) in [6.07, 6.45) is 2.49. The summed E-state index contributed by atoms with van der Waals surface area (Å²) < 4.78 is 24.6. The predicted octanol–water partition coefficient (Wildman–Crippen LogP) is -0.597. The molecule has 2 rings (SSSR count). The van der Waals surface area contributed by atoms with Crippen molar-refractivity contribution in [1.29, 1.82) is 0 Å². The largest absolute Gasteiger partial charge is 0.350 e. The van der Waals surface area contributed by atoms with Crippen LogP contribution in [-0.4, -0.2) is 50.4 Å². The van der Waals surface area contributed by atoms with Crippen molar-refractivity contribution < 1.29 is 13.2 Å². The van der Waals surface area contributed by atoms with Gasteiger partial charge in [-0.15, -0.1) is 0 Å². The second kappa shape index (κ2) is 6.20. The highest BCUT2D eigenvalue weighted by Gasteiger charge is 2.39. The Balaban J connectivity index is 1.95. The van der Waals surface area contributed by atoms with Gasteiger partial charge in [-0.1, -0.05) is 20.8 Å². The molecule has 0 aromatic heterocycles. The van der Waals surface area contributed by atoms with Crippen LogP contribution in [0.5, 0.6) is 0 Å². The van der Waals surface area contributed by atoms with Crippen LogP contribution in [0.1, 0.15) is 33.6 Å². The van der Waals surface area contributed by atoms with E-state index in [0.717, 1.165) is 13.1 Å². The van der Waals surface area contributed by atoms with Crippen molar-refractivity contribution >= 4 is 16.1 Å². The Hall–Kier alpha value is -0.700. The molecule has 8 heteroatoms. The number of hydrogen-bond acceptors (Lipinski definition) is 4. The quantitative estimate of drug-likeness (QED) is 0.608. The van der Waals surface area contributed by atoms with Crippen LogP contribution in [0.4, 0.5) is 0 Å². The molecule has 7 nitrogen and oxygen atoms in total. The third-order valence-corrected chi connectivity index (χ3v) is 4.85. The molecule has 1 aliphatic heterocycles. The van der Waals surface area contributed by atoms with Crippen LogP contribution < -0.4 is 15.2 Å². The zero-order chi connectivity index (χ0) is 15.8. The number of carbonyl (C=O) groups is 1. The standard InChI is InChI=1S/C13H26N4O3S/c1-8(2)12(16-21(14,19)20)13(18)15-11-7-17(6-9(11)3)10-4-5-10/h8-12,16H,4-7H2,1-3H3,(H,15,18)(H2,14,19,20)/t9?,11?,12-/m1/s1. The molecular weight excluding hydrogens is 292 g/mol. The Labute approximate surface area is 126 Å². The fourth-order valence-corrected chi connectivity index (χ4v) is 3.60. The van der Waals surface area contributed by atoms with Gasteiger partial charge >= 0.3 is 0 Å². The molecule has 2 aliphatic rings. The second-order valence-electron chi connectivity index (χ2n) is 6.66. The smallest absolute Gasteiger partial charge is 0.275 e. The van der Waals surface area contributed by atoms with E-state index in [0.29, 0.717) is 12.0 Å². The highest BCUT2D eigenvalue weighted by atomic mass is 32.2. The van der Waals surface area contributed by atoms with E-state index in [1.54, 1.807) is 13.8 Å². The van der Waals surface area contributed by atoms with Crippen LogP contribution in [0.25, 0.3) is 0 Å². The summed E-state index contributed by atoms with van der Waals surface area (Å²) in [6.45, 7) is 7.53. The van der Waals surface area contributed by atoms with Gasteiger partial charge in [0.15, 0.2) is 0 Å². The number of nitrogens with two attached hydrogens (primary N) is 1. The Morgan fingerprint density at radius 3 is 2.38 bits per heavy atom. The normalized spacial score (nSPS) is 28.8. The third kappa shape index (κ3) is 4.64. The monoisotopic (exact) mass is 318 g/mol. The molecule has 2 unspecified atom stereocenters. The summed E-state index contributed by atoms with van der Waals surface area (Å²) >= 11 is 0. The molecule has 1 aliphatic carbocycles. The van der Waals surface area contributed by atoms with Crippen molar-refractivity contribution in [3.05, 3.63) is 0 Å². The van der Waals surface area contributed by atoms with E-state index in [1.165, 1.54) is 12.8 Å². The van der Waals surface area contributed by atoms with Gasteiger partial charge in [-0.05, 0) is 24.7 Å². The molecule has 1 amide bonds. The van der Waals surface area contributed by atoms with E-state index in [9.17, 15) is 13.2 Å². The molecule has 4 N–H and O–H groups in total. The molecule has 2 fully saturated rings. The molecule has 1 heterocycles. The van der Waals surface area contributed by atoms with E-state index in [2.05, 4.69) is 21.9 Å². The van der Waals surface area contributed by atoms with Crippen molar-refractivity contribution in [2.75, 3.05) is 13.1 Å². The maximum atomic E-state index is 12.3. The summed E-state index contributed by atoms with van der Waals surface area (Å²) in [4.78, 5) is 14.8. The number of amides is 1. The Morgan fingerprint density at radius 1 is 1.29 bits per heavy atom. The third-order valence-electron chi connectivity index (χ3n) is 4.27. The van der Waals surface area contributed by atoms with Crippen molar-refractivity contribution in [3.8, 4) is 0 Å². The lowest BCUT2D eigenvalue weighted by atomic mass is 10.0. The Bertz CT molecular complexity index is 490. The van der Waals surface area contributed by atoms with E-state index in [-0.39, 0.29) is 17.9 Å². The lowest BCUT2D eigenvalue weighted by molar-refractivity contribution is -0.124. The minimum absolute atomic E-state index is 0.0710. The van der Waals surface area contributed by atoms with Crippen molar-refractivity contribution in [2.45, 2.75) is 51.7 Å². The van der Waals surface area contributed by atoms with Crippen LogP contribution in [0.15, 0.2) is 0 Å². The molecule has 0 radical (unpaired) electrons. The van der Waals surface area contributed by atoms with Gasteiger partial charge in [-0.25, -0.2) is 5.14 Å². The number of rotatable bonds is 6. The van der Waals surface area contributed by atoms with Gasteiger partial charge in [0.25, 0.3) is 10.2 Å². The van der Waals surface area contributed by atoms with Gasteiger partial charge < -0.3 is 5.32 Å². The molecule has 3 atom stereocenters. The number of nitrogens with zero attached hydrogens (tertiary/aromatic N) is 1. The first-order valence-corrected chi connectivity index (χ1v) is 9.06. The molecule has 1 saturated carbocycles. The van der Waals surface area contributed by atoms with Crippen LogP contribution in [0.3, 0.4) is 0 Å². The zero-order valence-electron chi connectivity index (χ0n) is 12.9. The van der Waals surface area contributed by atoms with Gasteiger partial charge in [0.2, 0.25) is 5.91 Å². The van der Waals surface area contributed by atoms with Crippen LogP contribution in [0, 0.1) is 11.8 Å². The fraction of sp³-hybridized carbons (Fsp3) is 0.923. The molecule has 122 valence electrons. The lowest BCUT2D eigenvalue weighted by Gasteiger charge is -2.24. The fourth-order valence-electron chi connectivity index (χ4n) is 2.87. The van der Waals surface area contributed by atoms with Gasteiger partial charge in [0.1, 0.15) is 6.04 Å². The molecule has 0 aromatic rings. The molecular formula is C13H26N4O3S. The summed E-state index contributed by atoms with van der Waals surface area (Å²) in [6, 6.07) is -0.0819. The highest BCUT2D eigenvalue weighted by molar-refractivity contribution is 7.87. The van der Waals surface area contributed by atoms with Crippen LogP contribution in [-0.2, 0) is 15.0 Å².